The van der Waals surface area contributed by atoms with E-state index in [-0.39, 0.29) is 5.92 Å². The van der Waals surface area contributed by atoms with Gasteiger partial charge in [0.25, 0.3) is 0 Å². The second-order valence-corrected chi connectivity index (χ2v) is 12.4. The molecule has 2 atom stereocenters. The van der Waals surface area contributed by atoms with Crippen LogP contribution in [-0.2, 0) is 10.1 Å². The SMILES string of the molecule is CC(C)(O)C(C)(C)O[B]c1ccc2c(c1)Oc1cc(C#N)ccc1C21c2ccccc2C2=CC1C=c1ccccc1=C2. The van der Waals surface area contributed by atoms with Gasteiger partial charge in [-0.15, -0.1) is 0 Å². The highest BCUT2D eigenvalue weighted by Crippen LogP contribution is 2.59. The summed E-state index contributed by atoms with van der Waals surface area (Å²) in [5, 5.41) is 22.8. The van der Waals surface area contributed by atoms with Gasteiger partial charge in [0.1, 0.15) is 11.5 Å². The highest BCUT2D eigenvalue weighted by atomic mass is 16.5. The van der Waals surface area contributed by atoms with Gasteiger partial charge in [-0.25, -0.2) is 0 Å². The molecule has 1 spiro atoms. The highest BCUT2D eigenvalue weighted by Gasteiger charge is 2.51. The molecule has 0 amide bonds. The fourth-order valence-corrected chi connectivity index (χ4v) is 6.42. The minimum Gasteiger partial charge on any atom is -0.457 e. The van der Waals surface area contributed by atoms with Gasteiger partial charge in [0.15, 0.2) is 0 Å². The van der Waals surface area contributed by atoms with Gasteiger partial charge in [-0.1, -0.05) is 78.9 Å². The van der Waals surface area contributed by atoms with E-state index in [2.05, 4.69) is 91.0 Å². The van der Waals surface area contributed by atoms with E-state index in [1.165, 1.54) is 27.1 Å². The number of nitrogens with zero attached hydrogens (tertiary/aromatic N) is 1. The Morgan fingerprint density at radius 1 is 0.833 bits per heavy atom. The summed E-state index contributed by atoms with van der Waals surface area (Å²) in [6.07, 6.45) is 7.05. The number of rotatable bonds is 4. The third kappa shape index (κ3) is 3.90. The summed E-state index contributed by atoms with van der Waals surface area (Å²) in [6, 6.07) is 31.5. The summed E-state index contributed by atoms with van der Waals surface area (Å²) in [5.41, 5.74) is 4.64. The van der Waals surface area contributed by atoms with E-state index in [4.69, 9.17) is 9.39 Å². The maximum atomic E-state index is 10.6. The van der Waals surface area contributed by atoms with Crippen molar-refractivity contribution in [2.45, 2.75) is 44.3 Å². The summed E-state index contributed by atoms with van der Waals surface area (Å²) in [7, 11) is 1.69. The maximum absolute atomic E-state index is 10.6. The van der Waals surface area contributed by atoms with Crippen LogP contribution in [0.5, 0.6) is 11.5 Å². The summed E-state index contributed by atoms with van der Waals surface area (Å²) < 4.78 is 12.7. The number of hydrogen-bond acceptors (Lipinski definition) is 4. The van der Waals surface area contributed by atoms with Crippen molar-refractivity contribution < 1.29 is 14.5 Å². The Hall–Kier alpha value is -4.37. The molecule has 2 unspecified atom stereocenters. The zero-order chi connectivity index (χ0) is 29.3. The molecular weight excluding hydrogens is 517 g/mol. The third-order valence-electron chi connectivity index (χ3n) is 9.34. The first kappa shape index (κ1) is 26.5. The van der Waals surface area contributed by atoms with Crippen LogP contribution in [0.1, 0.15) is 55.5 Å². The van der Waals surface area contributed by atoms with E-state index < -0.39 is 16.6 Å². The predicted molar refractivity (Wildman–Crippen MR) is 167 cm³/mol. The standard InChI is InChI=1S/C37H31BNO3/c1-35(2,40)36(3,4)42-38-28-14-16-32-34(21-28)41-33-17-23(22-39)13-15-31(33)37(32)27-19-25-10-6-5-9-24(25)18-26(20-27)29-11-7-8-12-30(29)37/h5-21,27,40H,1-4H3. The monoisotopic (exact) mass is 548 g/mol. The third-order valence-corrected chi connectivity index (χ3v) is 9.34. The van der Waals surface area contributed by atoms with Gasteiger partial charge in [0.05, 0.1) is 28.2 Å². The smallest absolute Gasteiger partial charge is 0.331 e. The van der Waals surface area contributed by atoms with Crippen LogP contribution in [0.3, 0.4) is 0 Å². The van der Waals surface area contributed by atoms with Gasteiger partial charge < -0.3 is 14.5 Å². The van der Waals surface area contributed by atoms with Crippen molar-refractivity contribution in [2.24, 2.45) is 5.92 Å². The number of aliphatic hydroxyl groups is 1. The lowest BCUT2D eigenvalue weighted by Gasteiger charge is -2.47. The molecule has 42 heavy (non-hydrogen) atoms. The summed E-state index contributed by atoms with van der Waals surface area (Å²) in [4.78, 5) is 0. The van der Waals surface area contributed by atoms with Gasteiger partial charge in [0.2, 0.25) is 0 Å². The van der Waals surface area contributed by atoms with E-state index in [0.717, 1.165) is 22.3 Å². The largest absolute Gasteiger partial charge is 0.457 e. The molecule has 2 bridgehead atoms. The molecule has 3 aliphatic rings. The van der Waals surface area contributed by atoms with Gasteiger partial charge in [0, 0.05) is 17.0 Å². The summed E-state index contributed by atoms with van der Waals surface area (Å²) in [6.45, 7) is 7.22. The van der Waals surface area contributed by atoms with E-state index in [1.54, 1.807) is 21.3 Å². The van der Waals surface area contributed by atoms with Gasteiger partial charge >= 0.3 is 7.48 Å². The van der Waals surface area contributed by atoms with Gasteiger partial charge in [-0.2, -0.15) is 5.26 Å². The van der Waals surface area contributed by atoms with E-state index in [9.17, 15) is 10.4 Å². The topological polar surface area (TPSA) is 62.5 Å². The maximum Gasteiger partial charge on any atom is 0.331 e. The number of ether oxygens (including phenoxy) is 1. The molecule has 0 aromatic heterocycles. The molecule has 0 saturated carbocycles. The Kier molecular flexibility index (Phi) is 5.89. The molecule has 4 aromatic carbocycles. The van der Waals surface area contributed by atoms with Crippen molar-refractivity contribution in [1.29, 1.82) is 5.26 Å². The van der Waals surface area contributed by atoms with Crippen LogP contribution < -0.4 is 20.6 Å². The number of fused-ring (bicyclic) bond motifs is 10. The normalized spacial score (nSPS) is 19.7. The van der Waals surface area contributed by atoms with Crippen molar-refractivity contribution in [3.8, 4) is 17.6 Å². The minimum absolute atomic E-state index is 0.0168. The Morgan fingerprint density at radius 2 is 1.52 bits per heavy atom. The predicted octanol–water partition coefficient (Wildman–Crippen LogP) is 5.10. The van der Waals surface area contributed by atoms with Crippen LogP contribution in [0.2, 0.25) is 0 Å². The second-order valence-electron chi connectivity index (χ2n) is 12.4. The summed E-state index contributed by atoms with van der Waals surface area (Å²) in [5.74, 6) is 1.38. The first-order valence-electron chi connectivity index (χ1n) is 14.3. The van der Waals surface area contributed by atoms with Gasteiger partial charge in [-0.05, 0) is 84.6 Å². The molecule has 5 heteroatoms. The Morgan fingerprint density at radius 3 is 2.29 bits per heavy atom. The molecule has 4 nitrogen and oxygen atoms in total. The molecular formula is C37H31BNO3. The lowest BCUT2D eigenvalue weighted by atomic mass is 9.56. The van der Waals surface area contributed by atoms with Crippen LogP contribution in [0, 0.1) is 17.2 Å². The van der Waals surface area contributed by atoms with Crippen LogP contribution in [0.25, 0.3) is 17.7 Å². The Balaban J connectivity index is 1.48. The zero-order valence-electron chi connectivity index (χ0n) is 24.2. The lowest BCUT2D eigenvalue weighted by Crippen LogP contribution is -2.49. The molecule has 7 rings (SSSR count). The lowest BCUT2D eigenvalue weighted by molar-refractivity contribution is -0.0893. The van der Waals surface area contributed by atoms with Gasteiger partial charge in [-0.3, -0.25) is 0 Å². The van der Waals surface area contributed by atoms with E-state index in [0.29, 0.717) is 11.3 Å². The molecule has 1 heterocycles. The first-order valence-corrected chi connectivity index (χ1v) is 14.3. The highest BCUT2D eigenvalue weighted by molar-refractivity contribution is 6.47. The quantitative estimate of drug-likeness (QED) is 0.361. The molecule has 2 aliphatic carbocycles. The molecule has 1 radical (unpaired) electrons. The number of benzene rings is 4. The second kappa shape index (κ2) is 9.32. The molecule has 4 aromatic rings. The van der Waals surface area contributed by atoms with Crippen molar-refractivity contribution >= 4 is 30.7 Å². The Bertz CT molecular complexity index is 1960. The molecule has 1 N–H and O–H groups in total. The Labute approximate surface area is 247 Å². The molecule has 205 valence electrons. The van der Waals surface area contributed by atoms with Crippen LogP contribution in [0.4, 0.5) is 0 Å². The molecule has 0 saturated heterocycles. The average molecular weight is 548 g/mol. The number of hydrogen-bond donors (Lipinski definition) is 1. The fourth-order valence-electron chi connectivity index (χ4n) is 6.42. The van der Waals surface area contributed by atoms with Crippen LogP contribution >= 0.6 is 0 Å². The first-order chi connectivity index (χ1) is 20.1. The summed E-state index contributed by atoms with van der Waals surface area (Å²) >= 11 is 0. The van der Waals surface area contributed by atoms with E-state index in [1.807, 2.05) is 32.0 Å². The minimum atomic E-state index is -1.04. The van der Waals surface area contributed by atoms with Crippen molar-refractivity contribution in [3.63, 3.8) is 0 Å². The average Bonchev–Trinajstić information content (AvgIpc) is 3.15. The van der Waals surface area contributed by atoms with E-state index >= 15 is 0 Å². The number of nitriles is 1. The number of allylic oxidation sites excluding steroid dienone is 2. The molecule has 1 aliphatic heterocycles. The zero-order valence-corrected chi connectivity index (χ0v) is 24.2. The van der Waals surface area contributed by atoms with Crippen LogP contribution in [0.15, 0.2) is 91.0 Å². The van der Waals surface area contributed by atoms with Crippen molar-refractivity contribution in [3.05, 3.63) is 129 Å². The van der Waals surface area contributed by atoms with Crippen LogP contribution in [-0.4, -0.2) is 23.8 Å². The molecule has 0 fully saturated rings. The van der Waals surface area contributed by atoms with Crippen molar-refractivity contribution in [1.82, 2.24) is 0 Å². The fraction of sp³-hybridized carbons (Fsp3) is 0.216. The van der Waals surface area contributed by atoms with Crippen molar-refractivity contribution in [2.75, 3.05) is 0 Å².